The molecule has 0 bridgehead atoms. The molecule has 0 aliphatic carbocycles. The standard InChI is InChI=1S/C11H17NO5S/c1-6(17-3)10(11(15)16)12-5-8(4-9(12)14)18-7(2)13/h6,8,10H,4-5H2,1-3H3,(H,15,16)/t6-,8?,10+/m1/s1. The number of methoxy groups -OCH3 is 1. The van der Waals surface area contributed by atoms with Crippen LogP contribution in [0.1, 0.15) is 20.3 Å². The summed E-state index contributed by atoms with van der Waals surface area (Å²) in [5.74, 6) is -1.34. The molecule has 0 spiro atoms. The first kappa shape index (κ1) is 15.0. The Hall–Kier alpha value is -1.08. The number of rotatable bonds is 5. The largest absolute Gasteiger partial charge is 0.480 e. The van der Waals surface area contributed by atoms with Crippen LogP contribution in [0, 0.1) is 0 Å². The van der Waals surface area contributed by atoms with E-state index in [1.165, 1.54) is 18.9 Å². The van der Waals surface area contributed by atoms with Crippen molar-refractivity contribution < 1.29 is 24.2 Å². The van der Waals surface area contributed by atoms with Gasteiger partial charge in [0.05, 0.1) is 6.10 Å². The molecule has 18 heavy (non-hydrogen) atoms. The molecule has 1 aliphatic rings. The third-order valence-corrected chi connectivity index (χ3v) is 3.84. The molecular formula is C11H17NO5S. The fraction of sp³-hybridized carbons (Fsp3) is 0.727. The third-order valence-electron chi connectivity index (χ3n) is 2.86. The maximum atomic E-state index is 11.8. The summed E-state index contributed by atoms with van der Waals surface area (Å²) in [6, 6.07) is -1.000. The first-order valence-electron chi connectivity index (χ1n) is 5.59. The van der Waals surface area contributed by atoms with Gasteiger partial charge in [0.25, 0.3) is 0 Å². The molecule has 102 valence electrons. The number of likely N-dealkylation sites (tertiary alicyclic amines) is 1. The van der Waals surface area contributed by atoms with Crippen molar-refractivity contribution in [2.75, 3.05) is 13.7 Å². The molecule has 0 aromatic heterocycles. The van der Waals surface area contributed by atoms with Crippen molar-refractivity contribution in [1.29, 1.82) is 0 Å². The van der Waals surface area contributed by atoms with Crippen molar-refractivity contribution in [1.82, 2.24) is 4.90 Å². The van der Waals surface area contributed by atoms with Crippen LogP contribution in [0.25, 0.3) is 0 Å². The Kier molecular flexibility index (Phi) is 5.15. The van der Waals surface area contributed by atoms with E-state index in [0.717, 1.165) is 11.8 Å². The Morgan fingerprint density at radius 1 is 1.56 bits per heavy atom. The average Bonchev–Trinajstić information content (AvgIpc) is 2.58. The van der Waals surface area contributed by atoms with E-state index in [0.29, 0.717) is 0 Å². The van der Waals surface area contributed by atoms with Gasteiger partial charge in [-0.2, -0.15) is 0 Å². The number of hydrogen-bond donors (Lipinski definition) is 1. The van der Waals surface area contributed by atoms with E-state index in [9.17, 15) is 19.5 Å². The highest BCUT2D eigenvalue weighted by Crippen LogP contribution is 2.27. The first-order valence-corrected chi connectivity index (χ1v) is 6.47. The quantitative estimate of drug-likeness (QED) is 0.779. The summed E-state index contributed by atoms with van der Waals surface area (Å²) in [6.45, 7) is 3.31. The Morgan fingerprint density at radius 3 is 2.61 bits per heavy atom. The molecule has 1 rings (SSSR count). The molecule has 7 heteroatoms. The van der Waals surface area contributed by atoms with Gasteiger partial charge in [0.1, 0.15) is 0 Å². The highest BCUT2D eigenvalue weighted by Gasteiger charge is 2.41. The van der Waals surface area contributed by atoms with Crippen LogP contribution in [0.3, 0.4) is 0 Å². The van der Waals surface area contributed by atoms with Crippen molar-refractivity contribution >= 4 is 28.8 Å². The summed E-state index contributed by atoms with van der Waals surface area (Å²) in [4.78, 5) is 35.3. The number of thioether (sulfide) groups is 1. The molecule has 6 nitrogen and oxygen atoms in total. The number of ether oxygens (including phenoxy) is 1. The van der Waals surface area contributed by atoms with Crippen molar-refractivity contribution in [3.8, 4) is 0 Å². The third kappa shape index (κ3) is 3.46. The van der Waals surface area contributed by atoms with Crippen molar-refractivity contribution in [2.45, 2.75) is 37.7 Å². The van der Waals surface area contributed by atoms with Crippen LogP contribution in [-0.2, 0) is 19.1 Å². The number of aliphatic carboxylic acids is 1. The number of carboxylic acid groups (broad SMARTS) is 1. The van der Waals surface area contributed by atoms with Gasteiger partial charge in [0.15, 0.2) is 11.2 Å². The Bertz CT molecular complexity index is 359. The lowest BCUT2D eigenvalue weighted by atomic mass is 10.1. The van der Waals surface area contributed by atoms with E-state index < -0.39 is 18.1 Å². The molecule has 1 saturated heterocycles. The maximum absolute atomic E-state index is 11.8. The van der Waals surface area contributed by atoms with E-state index in [1.54, 1.807) is 6.92 Å². The zero-order chi connectivity index (χ0) is 13.9. The van der Waals surface area contributed by atoms with Crippen molar-refractivity contribution in [2.24, 2.45) is 0 Å². The summed E-state index contributed by atoms with van der Waals surface area (Å²) in [5.41, 5.74) is 0. The minimum atomic E-state index is -1.09. The summed E-state index contributed by atoms with van der Waals surface area (Å²) in [6.07, 6.45) is -0.391. The SMILES string of the molecule is CO[C@H](C)[C@@H](C(=O)O)N1CC(SC(C)=O)CC1=O. The summed E-state index contributed by atoms with van der Waals surface area (Å²) < 4.78 is 5.00. The van der Waals surface area contributed by atoms with Crippen LogP contribution >= 0.6 is 11.8 Å². The molecule has 1 fully saturated rings. The molecule has 1 heterocycles. The Labute approximate surface area is 110 Å². The molecule has 1 aliphatic heterocycles. The second-order valence-electron chi connectivity index (χ2n) is 4.21. The van der Waals surface area contributed by atoms with Crippen LogP contribution in [0.2, 0.25) is 0 Å². The van der Waals surface area contributed by atoms with E-state index in [2.05, 4.69) is 0 Å². The lowest BCUT2D eigenvalue weighted by molar-refractivity contribution is -0.153. The second kappa shape index (κ2) is 6.19. The zero-order valence-corrected chi connectivity index (χ0v) is 11.4. The minimum absolute atomic E-state index is 0.0682. The van der Waals surface area contributed by atoms with Crippen LogP contribution < -0.4 is 0 Å². The monoisotopic (exact) mass is 275 g/mol. The molecule has 3 atom stereocenters. The normalized spacial score (nSPS) is 22.9. The Morgan fingerprint density at radius 2 is 2.17 bits per heavy atom. The van der Waals surface area contributed by atoms with E-state index >= 15 is 0 Å². The number of amides is 1. The maximum Gasteiger partial charge on any atom is 0.329 e. The number of carbonyl (C=O) groups is 3. The van der Waals surface area contributed by atoms with E-state index in [4.69, 9.17) is 4.74 Å². The van der Waals surface area contributed by atoms with Crippen LogP contribution in [0.15, 0.2) is 0 Å². The highest BCUT2D eigenvalue weighted by molar-refractivity contribution is 8.14. The summed E-state index contributed by atoms with van der Waals surface area (Å²) in [7, 11) is 1.41. The molecule has 1 unspecified atom stereocenters. The topological polar surface area (TPSA) is 83.9 Å². The van der Waals surface area contributed by atoms with Gasteiger partial charge in [-0.05, 0) is 6.92 Å². The van der Waals surface area contributed by atoms with Gasteiger partial charge in [0.2, 0.25) is 5.91 Å². The van der Waals surface area contributed by atoms with Gasteiger partial charge in [-0.25, -0.2) is 4.79 Å². The Balaban J connectivity index is 2.78. The summed E-state index contributed by atoms with van der Waals surface area (Å²) >= 11 is 1.08. The number of nitrogens with zero attached hydrogens (tertiary/aromatic N) is 1. The predicted molar refractivity (Wildman–Crippen MR) is 66.3 cm³/mol. The van der Waals surface area contributed by atoms with Gasteiger partial charge >= 0.3 is 5.97 Å². The van der Waals surface area contributed by atoms with Crippen LogP contribution in [-0.4, -0.2) is 58.0 Å². The lowest BCUT2D eigenvalue weighted by Gasteiger charge is -2.28. The van der Waals surface area contributed by atoms with E-state index in [-0.39, 0.29) is 29.2 Å². The minimum Gasteiger partial charge on any atom is -0.480 e. The van der Waals surface area contributed by atoms with Gasteiger partial charge < -0.3 is 14.7 Å². The fourth-order valence-corrected chi connectivity index (χ4v) is 2.93. The molecule has 0 saturated carbocycles. The van der Waals surface area contributed by atoms with Crippen molar-refractivity contribution in [3.05, 3.63) is 0 Å². The first-order chi connectivity index (χ1) is 8.36. The predicted octanol–water partition coefficient (Wildman–Crippen LogP) is 0.355. The zero-order valence-electron chi connectivity index (χ0n) is 10.6. The van der Waals surface area contributed by atoms with Gasteiger partial charge in [0, 0.05) is 32.2 Å². The van der Waals surface area contributed by atoms with Crippen LogP contribution in [0.5, 0.6) is 0 Å². The smallest absolute Gasteiger partial charge is 0.329 e. The number of carbonyl (C=O) groups excluding carboxylic acids is 2. The fourth-order valence-electron chi connectivity index (χ4n) is 2.00. The molecular weight excluding hydrogens is 258 g/mol. The lowest BCUT2D eigenvalue weighted by Crippen LogP contribution is -2.49. The molecule has 1 N–H and O–H groups in total. The highest BCUT2D eigenvalue weighted by atomic mass is 32.2. The van der Waals surface area contributed by atoms with E-state index in [1.807, 2.05) is 0 Å². The second-order valence-corrected chi connectivity index (χ2v) is 5.68. The number of carboxylic acids is 1. The van der Waals surface area contributed by atoms with Gasteiger partial charge in [-0.3, -0.25) is 9.59 Å². The molecule has 0 aromatic rings. The molecule has 0 aromatic carbocycles. The average molecular weight is 275 g/mol. The van der Waals surface area contributed by atoms with Gasteiger partial charge in [-0.1, -0.05) is 11.8 Å². The molecule has 0 radical (unpaired) electrons. The van der Waals surface area contributed by atoms with Crippen LogP contribution in [0.4, 0.5) is 0 Å². The van der Waals surface area contributed by atoms with Gasteiger partial charge in [-0.15, -0.1) is 0 Å². The molecule has 1 amide bonds. The number of hydrogen-bond acceptors (Lipinski definition) is 5. The summed E-state index contributed by atoms with van der Waals surface area (Å²) in [5, 5.41) is 8.94. The van der Waals surface area contributed by atoms with Crippen molar-refractivity contribution in [3.63, 3.8) is 0 Å².